The van der Waals surface area contributed by atoms with Crippen LogP contribution >= 0.6 is 0 Å². The van der Waals surface area contributed by atoms with Gasteiger partial charge in [0, 0.05) is 12.0 Å². The van der Waals surface area contributed by atoms with Gasteiger partial charge in [-0.3, -0.25) is 4.79 Å². The third kappa shape index (κ3) is 3.75. The van der Waals surface area contributed by atoms with Gasteiger partial charge in [0.1, 0.15) is 17.2 Å². The molecule has 0 aliphatic carbocycles. The number of rotatable bonds is 3. The number of hydrogen-bond donors (Lipinski definition) is 1. The van der Waals surface area contributed by atoms with E-state index in [2.05, 4.69) is 11.4 Å². The minimum atomic E-state index is -0.337. The number of halogens is 1. The summed E-state index contributed by atoms with van der Waals surface area (Å²) in [5, 5.41) is 3.11. The van der Waals surface area contributed by atoms with Gasteiger partial charge in [-0.25, -0.2) is 4.39 Å². The van der Waals surface area contributed by atoms with Gasteiger partial charge in [-0.15, -0.1) is 0 Å². The van der Waals surface area contributed by atoms with E-state index in [0.717, 1.165) is 22.4 Å². The molecule has 1 atom stereocenters. The number of fused-ring (bicyclic) bond motifs is 1. The minimum Gasteiger partial charge on any atom is -0.487 e. The van der Waals surface area contributed by atoms with Crippen LogP contribution in [0.15, 0.2) is 42.5 Å². The van der Waals surface area contributed by atoms with Crippen molar-refractivity contribution in [2.75, 3.05) is 0 Å². The van der Waals surface area contributed by atoms with E-state index in [4.69, 9.17) is 4.74 Å². The maximum Gasteiger partial charge on any atom is 0.224 e. The van der Waals surface area contributed by atoms with E-state index in [9.17, 15) is 9.18 Å². The Bertz CT molecular complexity index is 753. The highest BCUT2D eigenvalue weighted by Gasteiger charge is 2.34. The molecule has 0 unspecified atom stereocenters. The number of ether oxygens (including phenoxy) is 1. The Morgan fingerprint density at radius 2 is 1.96 bits per heavy atom. The van der Waals surface area contributed by atoms with E-state index in [-0.39, 0.29) is 29.8 Å². The van der Waals surface area contributed by atoms with Crippen LogP contribution < -0.4 is 10.1 Å². The first kappa shape index (κ1) is 16.5. The molecule has 1 amide bonds. The summed E-state index contributed by atoms with van der Waals surface area (Å²) >= 11 is 0. The molecule has 2 aromatic rings. The SMILES string of the molecule is Cc1ccc2c(c1)[C@H](NC(=O)Cc1ccc(F)cc1)CC(C)(C)O2. The van der Waals surface area contributed by atoms with E-state index in [1.165, 1.54) is 12.1 Å². The van der Waals surface area contributed by atoms with Crippen LogP contribution in [0.3, 0.4) is 0 Å². The van der Waals surface area contributed by atoms with Crippen LogP contribution in [0.25, 0.3) is 0 Å². The number of aryl methyl sites for hydroxylation is 1. The summed E-state index contributed by atoms with van der Waals surface area (Å²) in [6, 6.07) is 12.0. The van der Waals surface area contributed by atoms with Crippen molar-refractivity contribution in [1.29, 1.82) is 0 Å². The van der Waals surface area contributed by atoms with Gasteiger partial charge in [0.05, 0.1) is 12.5 Å². The molecule has 0 saturated carbocycles. The third-order valence-corrected chi connectivity index (χ3v) is 4.24. The summed E-state index contributed by atoms with van der Waals surface area (Å²) in [7, 11) is 0. The highest BCUT2D eigenvalue weighted by atomic mass is 19.1. The van der Waals surface area contributed by atoms with E-state index >= 15 is 0 Å². The molecule has 3 rings (SSSR count). The molecule has 0 radical (unpaired) electrons. The van der Waals surface area contributed by atoms with Crippen LogP contribution in [0.5, 0.6) is 5.75 Å². The highest BCUT2D eigenvalue weighted by molar-refractivity contribution is 5.79. The summed E-state index contributed by atoms with van der Waals surface area (Å²) in [6.07, 6.45) is 0.942. The van der Waals surface area contributed by atoms with Crippen LogP contribution in [0.1, 0.15) is 43.0 Å². The molecule has 0 spiro atoms. The first-order valence-electron chi connectivity index (χ1n) is 8.16. The van der Waals surface area contributed by atoms with E-state index in [0.29, 0.717) is 6.42 Å². The van der Waals surface area contributed by atoms with Crippen LogP contribution in [0.2, 0.25) is 0 Å². The molecule has 126 valence electrons. The zero-order chi connectivity index (χ0) is 17.3. The molecule has 24 heavy (non-hydrogen) atoms. The van der Waals surface area contributed by atoms with Crippen molar-refractivity contribution in [1.82, 2.24) is 5.32 Å². The van der Waals surface area contributed by atoms with E-state index in [1.54, 1.807) is 12.1 Å². The zero-order valence-electron chi connectivity index (χ0n) is 14.2. The second-order valence-electron chi connectivity index (χ2n) is 7.03. The van der Waals surface area contributed by atoms with Crippen LogP contribution in [0, 0.1) is 12.7 Å². The number of carbonyl (C=O) groups is 1. The van der Waals surface area contributed by atoms with E-state index in [1.807, 2.05) is 32.9 Å². The lowest BCUT2D eigenvalue weighted by molar-refractivity contribution is -0.121. The molecule has 0 saturated heterocycles. The predicted molar refractivity (Wildman–Crippen MR) is 91.5 cm³/mol. The Morgan fingerprint density at radius 1 is 1.25 bits per heavy atom. The molecule has 0 aromatic heterocycles. The monoisotopic (exact) mass is 327 g/mol. The fourth-order valence-electron chi connectivity index (χ4n) is 3.14. The van der Waals surface area contributed by atoms with Gasteiger partial charge in [0.25, 0.3) is 0 Å². The smallest absolute Gasteiger partial charge is 0.224 e. The molecule has 1 aliphatic rings. The first-order valence-corrected chi connectivity index (χ1v) is 8.16. The Morgan fingerprint density at radius 3 is 2.67 bits per heavy atom. The standard InChI is InChI=1S/C20H22FNO2/c1-13-4-9-18-16(10-13)17(12-20(2,3)24-18)22-19(23)11-14-5-7-15(21)8-6-14/h4-10,17H,11-12H2,1-3H3,(H,22,23)/t17-/m1/s1. The van der Waals surface area contributed by atoms with Gasteiger partial charge in [-0.2, -0.15) is 0 Å². The van der Waals surface area contributed by atoms with E-state index < -0.39 is 0 Å². The maximum absolute atomic E-state index is 13.0. The summed E-state index contributed by atoms with van der Waals surface area (Å²) in [5.74, 6) is 0.454. The topological polar surface area (TPSA) is 38.3 Å². The van der Waals surface area contributed by atoms with Crippen molar-refractivity contribution in [2.45, 2.75) is 45.3 Å². The summed E-state index contributed by atoms with van der Waals surface area (Å²) in [6.45, 7) is 6.07. The van der Waals surface area contributed by atoms with Gasteiger partial charge in [-0.1, -0.05) is 29.8 Å². The molecule has 1 aliphatic heterocycles. The largest absolute Gasteiger partial charge is 0.487 e. The number of amides is 1. The number of nitrogens with one attached hydrogen (secondary N) is 1. The van der Waals surface area contributed by atoms with Crippen molar-refractivity contribution in [3.05, 3.63) is 65.0 Å². The lowest BCUT2D eigenvalue weighted by atomic mass is 9.89. The number of carbonyl (C=O) groups excluding carboxylic acids is 1. The molecule has 1 heterocycles. The normalized spacial score (nSPS) is 18.4. The molecule has 3 nitrogen and oxygen atoms in total. The predicted octanol–water partition coefficient (Wildman–Crippen LogP) is 4.10. The van der Waals surface area contributed by atoms with Gasteiger partial charge >= 0.3 is 0 Å². The highest BCUT2D eigenvalue weighted by Crippen LogP contribution is 2.39. The van der Waals surface area contributed by atoms with Crippen LogP contribution in [-0.2, 0) is 11.2 Å². The minimum absolute atomic E-state index is 0.0724. The average Bonchev–Trinajstić information content (AvgIpc) is 2.49. The fourth-order valence-corrected chi connectivity index (χ4v) is 3.14. The molecule has 1 N–H and O–H groups in total. The molecular formula is C20H22FNO2. The van der Waals surface area contributed by atoms with Crippen LogP contribution in [0.4, 0.5) is 4.39 Å². The lowest BCUT2D eigenvalue weighted by Crippen LogP contribution is -2.41. The zero-order valence-corrected chi connectivity index (χ0v) is 14.2. The molecular weight excluding hydrogens is 305 g/mol. The second kappa shape index (κ2) is 6.27. The summed E-state index contributed by atoms with van der Waals surface area (Å²) in [4.78, 5) is 12.4. The van der Waals surface area contributed by atoms with Gasteiger partial charge in [-0.05, 0) is 44.5 Å². The van der Waals surface area contributed by atoms with Crippen molar-refractivity contribution in [3.8, 4) is 5.75 Å². The third-order valence-electron chi connectivity index (χ3n) is 4.24. The van der Waals surface area contributed by atoms with Crippen molar-refractivity contribution < 1.29 is 13.9 Å². The van der Waals surface area contributed by atoms with Gasteiger partial charge in [0.2, 0.25) is 5.91 Å². The molecule has 4 heteroatoms. The first-order chi connectivity index (χ1) is 11.3. The molecule has 2 aromatic carbocycles. The Kier molecular flexibility index (Phi) is 4.31. The Labute approximate surface area is 141 Å². The maximum atomic E-state index is 13.0. The fraction of sp³-hybridized carbons (Fsp3) is 0.350. The number of hydrogen-bond acceptors (Lipinski definition) is 2. The Balaban J connectivity index is 1.77. The lowest BCUT2D eigenvalue weighted by Gasteiger charge is -2.38. The van der Waals surface area contributed by atoms with Crippen LogP contribution in [-0.4, -0.2) is 11.5 Å². The quantitative estimate of drug-likeness (QED) is 0.922. The van der Waals surface area contributed by atoms with Crippen molar-refractivity contribution in [3.63, 3.8) is 0 Å². The van der Waals surface area contributed by atoms with Crippen molar-refractivity contribution >= 4 is 5.91 Å². The molecule has 0 fully saturated rings. The summed E-state index contributed by atoms with van der Waals surface area (Å²) in [5.41, 5.74) is 2.61. The average molecular weight is 327 g/mol. The van der Waals surface area contributed by atoms with Crippen molar-refractivity contribution in [2.24, 2.45) is 0 Å². The van der Waals surface area contributed by atoms with Gasteiger partial charge < -0.3 is 10.1 Å². The molecule has 0 bridgehead atoms. The second-order valence-corrected chi connectivity index (χ2v) is 7.03. The van der Waals surface area contributed by atoms with Gasteiger partial charge in [0.15, 0.2) is 0 Å². The summed E-state index contributed by atoms with van der Waals surface area (Å²) < 4.78 is 19.0. The Hall–Kier alpha value is -2.36. The number of benzene rings is 2.